The van der Waals surface area contributed by atoms with Crippen LogP contribution in [0.1, 0.15) is 106 Å². The van der Waals surface area contributed by atoms with E-state index in [0.29, 0.717) is 38.6 Å². The Bertz CT molecular complexity index is 807. The van der Waals surface area contributed by atoms with Gasteiger partial charge < -0.3 is 4.74 Å². The molecule has 0 amide bonds. The van der Waals surface area contributed by atoms with E-state index in [1.54, 1.807) is 0 Å². The average Bonchev–Trinajstić information content (AvgIpc) is 3.01. The molecule has 0 aromatic heterocycles. The molecule has 1 saturated heterocycles. The van der Waals surface area contributed by atoms with Crippen LogP contribution in [0.25, 0.3) is 0 Å². The number of hydrogen-bond donors (Lipinski definition) is 0. The zero-order chi connectivity index (χ0) is 22.1. The predicted molar refractivity (Wildman–Crippen MR) is 129 cm³/mol. The summed E-state index contributed by atoms with van der Waals surface area (Å²) < 4.78 is 6.72. The topological polar surface area (TPSA) is 9.23 Å². The molecule has 1 heterocycles. The van der Waals surface area contributed by atoms with E-state index < -0.39 is 0 Å². The monoisotopic (exact) mass is 424 g/mol. The van der Waals surface area contributed by atoms with Crippen LogP contribution in [0.15, 0.2) is 12.2 Å². The van der Waals surface area contributed by atoms with E-state index in [0.717, 1.165) is 30.3 Å². The first-order valence-corrected chi connectivity index (χ1v) is 13.7. The molecule has 1 nitrogen and oxygen atoms in total. The molecular formula is C30H48O. The van der Waals surface area contributed by atoms with Crippen molar-refractivity contribution in [2.75, 3.05) is 6.61 Å². The second-order valence-corrected chi connectivity index (χ2v) is 15.2. The van der Waals surface area contributed by atoms with Gasteiger partial charge in [-0.3, -0.25) is 0 Å². The lowest BCUT2D eigenvalue weighted by atomic mass is 9.32. The summed E-state index contributed by atoms with van der Waals surface area (Å²) in [6.45, 7) is 19.4. The van der Waals surface area contributed by atoms with Crippen LogP contribution < -0.4 is 0 Å². The molecule has 174 valence electrons. The summed E-state index contributed by atoms with van der Waals surface area (Å²) in [5.41, 5.74) is 2.71. The highest BCUT2D eigenvalue weighted by Crippen LogP contribution is 2.77. The Kier molecular flexibility index (Phi) is 4.13. The summed E-state index contributed by atoms with van der Waals surface area (Å²) >= 11 is 0. The molecule has 2 bridgehead atoms. The van der Waals surface area contributed by atoms with Crippen molar-refractivity contribution in [3.05, 3.63) is 12.2 Å². The van der Waals surface area contributed by atoms with Gasteiger partial charge >= 0.3 is 0 Å². The Hall–Kier alpha value is -0.300. The largest absolute Gasteiger partial charge is 0.377 e. The average molecular weight is 425 g/mol. The van der Waals surface area contributed by atoms with Gasteiger partial charge in [-0.25, -0.2) is 0 Å². The molecule has 4 saturated carbocycles. The van der Waals surface area contributed by atoms with Gasteiger partial charge in [0.05, 0.1) is 12.7 Å². The van der Waals surface area contributed by atoms with Gasteiger partial charge in [-0.2, -0.15) is 0 Å². The molecule has 0 unspecified atom stereocenters. The van der Waals surface area contributed by atoms with Crippen LogP contribution in [0, 0.1) is 56.2 Å². The van der Waals surface area contributed by atoms with Crippen molar-refractivity contribution in [2.45, 2.75) is 112 Å². The molecule has 5 fully saturated rings. The second-order valence-electron chi connectivity index (χ2n) is 15.2. The lowest BCUT2D eigenvalue weighted by Gasteiger charge is -2.72. The van der Waals surface area contributed by atoms with Crippen molar-refractivity contribution in [1.82, 2.24) is 0 Å². The van der Waals surface area contributed by atoms with E-state index in [2.05, 4.69) is 60.6 Å². The van der Waals surface area contributed by atoms with Crippen molar-refractivity contribution in [2.24, 2.45) is 56.2 Å². The van der Waals surface area contributed by atoms with E-state index in [4.69, 9.17) is 4.74 Å². The van der Waals surface area contributed by atoms with Gasteiger partial charge in [0.1, 0.15) is 0 Å². The quantitative estimate of drug-likeness (QED) is 0.357. The van der Waals surface area contributed by atoms with Gasteiger partial charge in [0.2, 0.25) is 0 Å². The molecule has 6 rings (SSSR count). The van der Waals surface area contributed by atoms with Crippen molar-refractivity contribution in [3.8, 4) is 0 Å². The molecule has 5 aliphatic carbocycles. The highest BCUT2D eigenvalue weighted by atomic mass is 16.5. The molecule has 0 radical (unpaired) electrons. The highest BCUT2D eigenvalue weighted by Gasteiger charge is 2.72. The van der Waals surface area contributed by atoms with Gasteiger partial charge in [-0.05, 0) is 114 Å². The zero-order valence-corrected chi connectivity index (χ0v) is 21.5. The lowest BCUT2D eigenvalue weighted by Crippen LogP contribution is -2.66. The number of rotatable bonds is 0. The van der Waals surface area contributed by atoms with E-state index in [-0.39, 0.29) is 0 Å². The van der Waals surface area contributed by atoms with Crippen molar-refractivity contribution in [3.63, 3.8) is 0 Å². The Morgan fingerprint density at radius 1 is 0.742 bits per heavy atom. The highest BCUT2D eigenvalue weighted by molar-refractivity contribution is 5.22. The standard InChI is InChI=1S/C30H48O/c1-25(2)12-8-13-27(5)21(25)11-14-29(7)22(27)10-9-20-23-24-26(3,4)15-17-30(23,19-31-24)18-16-28(20,29)6/h8,12,20-24H,9-11,13-19H2,1-7H3/t20-,21+,22+,23+,24-,27+,28-,29-,30-/m1/s1. The smallest absolute Gasteiger partial charge is 0.0663 e. The van der Waals surface area contributed by atoms with Crippen LogP contribution in [-0.4, -0.2) is 12.7 Å². The zero-order valence-electron chi connectivity index (χ0n) is 21.5. The van der Waals surface area contributed by atoms with Crippen molar-refractivity contribution < 1.29 is 4.74 Å². The van der Waals surface area contributed by atoms with Crippen LogP contribution in [-0.2, 0) is 4.74 Å². The molecule has 0 aromatic rings. The van der Waals surface area contributed by atoms with Crippen LogP contribution in [0.3, 0.4) is 0 Å². The minimum absolute atomic E-state index is 0.364. The minimum Gasteiger partial charge on any atom is -0.377 e. The van der Waals surface area contributed by atoms with E-state index in [1.165, 1.54) is 57.8 Å². The number of hydrogen-bond acceptors (Lipinski definition) is 1. The first kappa shape index (κ1) is 21.2. The molecule has 6 aliphatic rings. The fraction of sp³-hybridized carbons (Fsp3) is 0.933. The van der Waals surface area contributed by atoms with Gasteiger partial charge in [0.25, 0.3) is 0 Å². The lowest BCUT2D eigenvalue weighted by molar-refractivity contribution is -0.233. The molecule has 9 atom stereocenters. The first-order valence-electron chi connectivity index (χ1n) is 13.7. The number of ether oxygens (including phenoxy) is 1. The third-order valence-electron chi connectivity index (χ3n) is 13.4. The SMILES string of the molecule is CC1(C)C=CC[C@@]2(C)[C@H]1CC[C@]1(C)[C@H]2CC[C@@H]2[C@H]3[C@H]4OC[C@@]3(CCC4(C)C)CC[C@]21C. The van der Waals surface area contributed by atoms with E-state index >= 15 is 0 Å². The Morgan fingerprint density at radius 2 is 1.48 bits per heavy atom. The molecule has 0 N–H and O–H groups in total. The van der Waals surface area contributed by atoms with Crippen molar-refractivity contribution in [1.29, 1.82) is 0 Å². The first-order chi connectivity index (χ1) is 14.4. The normalized spacial score (nSPS) is 58.6. The third kappa shape index (κ3) is 2.39. The molecule has 1 aliphatic heterocycles. The maximum Gasteiger partial charge on any atom is 0.0663 e. The molecule has 0 aromatic carbocycles. The summed E-state index contributed by atoms with van der Waals surface area (Å²) in [5, 5.41) is 0. The van der Waals surface area contributed by atoms with E-state index in [1.807, 2.05) is 0 Å². The van der Waals surface area contributed by atoms with Crippen LogP contribution in [0.2, 0.25) is 0 Å². The van der Waals surface area contributed by atoms with Crippen molar-refractivity contribution >= 4 is 0 Å². The van der Waals surface area contributed by atoms with Gasteiger partial charge in [0, 0.05) is 0 Å². The molecule has 31 heavy (non-hydrogen) atoms. The van der Waals surface area contributed by atoms with E-state index in [9.17, 15) is 0 Å². The Morgan fingerprint density at radius 3 is 2.26 bits per heavy atom. The number of fused-ring (bicyclic) bond motifs is 5. The van der Waals surface area contributed by atoms with Gasteiger partial charge in [0.15, 0.2) is 0 Å². The maximum absolute atomic E-state index is 6.72. The predicted octanol–water partition coefficient (Wildman–Crippen LogP) is 8.04. The van der Waals surface area contributed by atoms with Gasteiger partial charge in [-0.15, -0.1) is 0 Å². The summed E-state index contributed by atoms with van der Waals surface area (Å²) in [7, 11) is 0. The summed E-state index contributed by atoms with van der Waals surface area (Å²) in [5.74, 6) is 3.43. The van der Waals surface area contributed by atoms with Crippen LogP contribution in [0.4, 0.5) is 0 Å². The van der Waals surface area contributed by atoms with Gasteiger partial charge in [-0.1, -0.05) is 60.6 Å². The Labute approximate surface area is 192 Å². The Balaban J connectivity index is 1.41. The fourth-order valence-electron chi connectivity index (χ4n) is 11.6. The second kappa shape index (κ2) is 6.03. The summed E-state index contributed by atoms with van der Waals surface area (Å²) in [6, 6.07) is 0. The maximum atomic E-state index is 6.72. The number of allylic oxidation sites excluding steroid dienone is 2. The molecule has 1 heteroatoms. The summed E-state index contributed by atoms with van der Waals surface area (Å²) in [4.78, 5) is 0. The third-order valence-corrected chi connectivity index (χ3v) is 13.4. The fourth-order valence-corrected chi connectivity index (χ4v) is 11.6. The molecular weight excluding hydrogens is 376 g/mol. The summed E-state index contributed by atoms with van der Waals surface area (Å²) in [6.07, 6.45) is 18.4. The van der Waals surface area contributed by atoms with Crippen LogP contribution in [0.5, 0.6) is 0 Å². The minimum atomic E-state index is 0.364. The molecule has 0 spiro atoms. The van der Waals surface area contributed by atoms with Crippen LogP contribution >= 0.6 is 0 Å².